The highest BCUT2D eigenvalue weighted by molar-refractivity contribution is 9.10. The second-order valence-corrected chi connectivity index (χ2v) is 12.6. The molecule has 8 nitrogen and oxygen atoms in total. The summed E-state index contributed by atoms with van der Waals surface area (Å²) in [5.74, 6) is 6.06. The van der Waals surface area contributed by atoms with Gasteiger partial charge in [0.1, 0.15) is 5.82 Å². The van der Waals surface area contributed by atoms with Gasteiger partial charge in [0.05, 0.1) is 40.3 Å². The molecule has 0 fully saturated rings. The number of hydrogen-bond donors (Lipinski definition) is 1. The molecule has 2 heterocycles. The van der Waals surface area contributed by atoms with Crippen molar-refractivity contribution in [2.45, 2.75) is 38.0 Å². The van der Waals surface area contributed by atoms with Gasteiger partial charge in [-0.15, -0.1) is 0 Å². The van der Waals surface area contributed by atoms with Crippen molar-refractivity contribution in [3.63, 3.8) is 0 Å². The van der Waals surface area contributed by atoms with Crippen molar-refractivity contribution >= 4 is 60.1 Å². The molecule has 1 N–H and O–H groups in total. The van der Waals surface area contributed by atoms with Crippen molar-refractivity contribution in [1.29, 1.82) is 0 Å². The largest absolute Gasteiger partial charge is 0.493 e. The Balaban J connectivity index is 1.72. The molecule has 0 aliphatic heterocycles. The van der Waals surface area contributed by atoms with E-state index >= 15 is 0 Å². The van der Waals surface area contributed by atoms with Gasteiger partial charge in [-0.05, 0) is 71.8 Å². The number of rotatable bonds is 15. The molecule has 1 atom stereocenters. The smallest absolute Gasteiger partial charge is 0.172 e. The van der Waals surface area contributed by atoms with Gasteiger partial charge in [-0.3, -0.25) is 0 Å². The van der Waals surface area contributed by atoms with Gasteiger partial charge in [0.25, 0.3) is 0 Å². The van der Waals surface area contributed by atoms with Gasteiger partial charge in [-0.25, -0.2) is 13.5 Å². The van der Waals surface area contributed by atoms with Crippen LogP contribution in [0, 0.1) is 0 Å². The van der Waals surface area contributed by atoms with Crippen LogP contribution in [0.15, 0.2) is 69.7 Å². The zero-order valence-electron chi connectivity index (χ0n) is 23.5. The first kappa shape index (κ1) is 31.7. The van der Waals surface area contributed by atoms with Crippen LogP contribution < -0.4 is 14.8 Å². The maximum Gasteiger partial charge on any atom is 0.172 e. The van der Waals surface area contributed by atoms with Crippen LogP contribution in [0.5, 0.6) is 11.5 Å². The fourth-order valence-corrected chi connectivity index (χ4v) is 6.39. The van der Waals surface area contributed by atoms with Gasteiger partial charge in [-0.2, -0.15) is 9.61 Å². The molecule has 0 saturated carbocycles. The average molecular weight is 651 g/mol. The molecule has 0 aliphatic rings. The highest BCUT2D eigenvalue weighted by Crippen LogP contribution is 2.31. The van der Waals surface area contributed by atoms with E-state index < -0.39 is 9.71 Å². The lowest BCUT2D eigenvalue weighted by Gasteiger charge is -2.26. The van der Waals surface area contributed by atoms with Gasteiger partial charge in [0.15, 0.2) is 17.1 Å². The molecular weight excluding hydrogens is 614 g/mol. The summed E-state index contributed by atoms with van der Waals surface area (Å²) in [5.41, 5.74) is 2.28. The van der Waals surface area contributed by atoms with Crippen molar-refractivity contribution in [2.75, 3.05) is 39.2 Å². The van der Waals surface area contributed by atoms with Crippen molar-refractivity contribution in [3.05, 3.63) is 70.5 Å². The first-order valence-electron chi connectivity index (χ1n) is 13.0. The van der Waals surface area contributed by atoms with E-state index in [0.29, 0.717) is 46.7 Å². The standard InChI is InChI=1S/C29H37BrClN5O3S/c1-7-9-12-24(31)21(3)25-19-28(36-29(34-25)23(30)20-33-36)32-15-10-11-17-35(16-8-2)40(6,37)22-13-14-26(38-4)27(18-22)39-5/h7,9,12-14,18-20,32H,1,6,8,10-11,15-17H2,2-5H3/b12-9-,24-21-. The maximum atomic E-state index is 13.9. The van der Waals surface area contributed by atoms with E-state index in [0.717, 1.165) is 40.8 Å². The van der Waals surface area contributed by atoms with E-state index in [1.807, 2.05) is 17.3 Å². The topological polar surface area (TPSA) is 81.0 Å². The van der Waals surface area contributed by atoms with E-state index in [1.54, 1.807) is 61.4 Å². The van der Waals surface area contributed by atoms with Crippen LogP contribution in [0.2, 0.25) is 0 Å². The fraction of sp³-hybridized carbons (Fsp3) is 0.345. The number of fused-ring (bicyclic) bond motifs is 1. The first-order chi connectivity index (χ1) is 19.2. The zero-order valence-corrected chi connectivity index (χ0v) is 26.6. The van der Waals surface area contributed by atoms with Crippen molar-refractivity contribution < 1.29 is 13.7 Å². The second kappa shape index (κ2) is 14.7. The Morgan fingerprint density at radius 2 is 1.98 bits per heavy atom. The minimum absolute atomic E-state index is 0.536. The first-order valence-corrected chi connectivity index (χ1v) is 15.8. The average Bonchev–Trinajstić information content (AvgIpc) is 3.34. The summed E-state index contributed by atoms with van der Waals surface area (Å²) in [6.45, 7) is 9.70. The monoisotopic (exact) mass is 649 g/mol. The molecule has 0 spiro atoms. The lowest BCUT2D eigenvalue weighted by molar-refractivity contribution is 0.353. The number of nitrogens with zero attached hydrogens (tertiary/aromatic N) is 4. The molecule has 216 valence electrons. The molecule has 3 aromatic rings. The third-order valence-electron chi connectivity index (χ3n) is 6.30. The predicted molar refractivity (Wildman–Crippen MR) is 171 cm³/mol. The van der Waals surface area contributed by atoms with E-state index in [9.17, 15) is 4.21 Å². The molecule has 0 aliphatic carbocycles. The molecule has 1 aromatic carbocycles. The summed E-state index contributed by atoms with van der Waals surface area (Å²) in [6.07, 6.45) is 9.51. The molecule has 11 heteroatoms. The number of hydrogen-bond acceptors (Lipinski definition) is 6. The normalized spacial score (nSPS) is 13.9. The second-order valence-electron chi connectivity index (χ2n) is 9.04. The van der Waals surface area contributed by atoms with E-state index in [-0.39, 0.29) is 0 Å². The zero-order chi connectivity index (χ0) is 29.3. The van der Waals surface area contributed by atoms with Crippen LogP contribution in [0.4, 0.5) is 5.82 Å². The number of halogens is 2. The van der Waals surface area contributed by atoms with Gasteiger partial charge >= 0.3 is 0 Å². The van der Waals surface area contributed by atoms with Crippen molar-refractivity contribution in [1.82, 2.24) is 18.9 Å². The van der Waals surface area contributed by atoms with Crippen molar-refractivity contribution in [2.24, 2.45) is 0 Å². The number of nitrogens with one attached hydrogen (secondary N) is 1. The highest BCUT2D eigenvalue weighted by Gasteiger charge is 2.20. The Morgan fingerprint density at radius 3 is 2.65 bits per heavy atom. The van der Waals surface area contributed by atoms with Gasteiger partial charge in [-0.1, -0.05) is 37.3 Å². The number of anilines is 1. The number of ether oxygens (including phenoxy) is 2. The van der Waals surface area contributed by atoms with Crippen LogP contribution in [-0.4, -0.2) is 62.8 Å². The number of methoxy groups -OCH3 is 2. The summed E-state index contributed by atoms with van der Waals surface area (Å²) < 4.78 is 29.1. The van der Waals surface area contributed by atoms with Gasteiger partial charge in [0, 0.05) is 41.7 Å². The molecule has 2 aromatic heterocycles. The molecule has 1 unspecified atom stereocenters. The van der Waals surface area contributed by atoms with Crippen LogP contribution in [0.25, 0.3) is 11.2 Å². The summed E-state index contributed by atoms with van der Waals surface area (Å²) >= 11 is 10.0. The lowest BCUT2D eigenvalue weighted by atomic mass is 10.2. The molecule has 3 rings (SSSR count). The van der Waals surface area contributed by atoms with E-state index in [1.165, 1.54) is 0 Å². The lowest BCUT2D eigenvalue weighted by Crippen LogP contribution is -2.33. The van der Waals surface area contributed by atoms with Gasteiger partial charge < -0.3 is 14.8 Å². The molecule has 0 bridgehead atoms. The predicted octanol–water partition coefficient (Wildman–Crippen LogP) is 6.82. The van der Waals surface area contributed by atoms with E-state index in [2.05, 4.69) is 45.7 Å². The van der Waals surface area contributed by atoms with Crippen LogP contribution >= 0.6 is 27.5 Å². The summed E-state index contributed by atoms with van der Waals surface area (Å²) in [6, 6.07) is 7.26. The Labute approximate surface area is 251 Å². The maximum absolute atomic E-state index is 13.9. The summed E-state index contributed by atoms with van der Waals surface area (Å²) in [4.78, 5) is 5.36. The third-order valence-corrected chi connectivity index (χ3v) is 9.46. The quantitative estimate of drug-likeness (QED) is 0.111. The van der Waals surface area contributed by atoms with Gasteiger partial charge in [0.2, 0.25) is 0 Å². The van der Waals surface area contributed by atoms with Crippen molar-refractivity contribution in [3.8, 4) is 11.5 Å². The Bertz CT molecular complexity index is 1500. The fourth-order valence-electron chi connectivity index (χ4n) is 4.10. The Kier molecular flexibility index (Phi) is 11.7. The number of aromatic nitrogens is 3. The van der Waals surface area contributed by atoms with Crippen LogP contribution in [0.3, 0.4) is 0 Å². The van der Waals surface area contributed by atoms with E-state index in [4.69, 9.17) is 26.1 Å². The SMILES string of the molecule is C=C/C=C\C(Cl)=C(/C)c1cc(NCCCCN(CCC)S(=C)(=O)c2ccc(OC)c(OC)c2)n2ncc(Br)c2n1. The third kappa shape index (κ3) is 7.48. The highest BCUT2D eigenvalue weighted by atomic mass is 79.9. The number of benzene rings is 1. The molecule has 0 radical (unpaired) electrons. The van der Waals surface area contributed by atoms with Crippen LogP contribution in [0.1, 0.15) is 38.8 Å². The Morgan fingerprint density at radius 1 is 1.23 bits per heavy atom. The molecule has 0 saturated heterocycles. The summed E-state index contributed by atoms with van der Waals surface area (Å²) in [7, 11) is 0.448. The minimum atomic E-state index is -2.70. The molecule has 40 heavy (non-hydrogen) atoms. The molecule has 0 amide bonds. The number of allylic oxidation sites excluding steroid dienone is 5. The molecular formula is C29H37BrClN5O3S. The minimum Gasteiger partial charge on any atom is -0.493 e. The summed E-state index contributed by atoms with van der Waals surface area (Å²) in [5, 5.41) is 8.52. The van der Waals surface area contributed by atoms with Crippen LogP contribution in [-0.2, 0) is 9.71 Å². The Hall–Kier alpha value is -2.79. The number of unbranched alkanes of at least 4 members (excludes halogenated alkanes) is 1.